The van der Waals surface area contributed by atoms with Gasteiger partial charge in [-0.3, -0.25) is 4.79 Å². The first-order valence-electron chi connectivity index (χ1n) is 3.86. The van der Waals surface area contributed by atoms with E-state index in [1.54, 1.807) is 7.05 Å². The number of carbonyl (C=O) groups is 1. The summed E-state index contributed by atoms with van der Waals surface area (Å²) in [5.74, 6) is 0.0127. The first kappa shape index (κ1) is 8.80. The van der Waals surface area contributed by atoms with Gasteiger partial charge in [-0.2, -0.15) is 0 Å². The molecule has 1 aromatic rings. The summed E-state index contributed by atoms with van der Waals surface area (Å²) in [4.78, 5) is 13.9. The Morgan fingerprint density at radius 3 is 3.08 bits per heavy atom. The Balaban J connectivity index is 2.22. The lowest BCUT2D eigenvalue weighted by molar-refractivity contribution is -0.120. The molecule has 0 spiro atoms. The van der Waals surface area contributed by atoms with Gasteiger partial charge < -0.3 is 15.6 Å². The number of likely N-dealkylation sites (N-methyl/N-ethyl adjacent to an activating group) is 1. The smallest absolute Gasteiger partial charge is 0.234 e. The summed E-state index contributed by atoms with van der Waals surface area (Å²) in [5, 5.41) is 5.54. The second-order valence-electron chi connectivity index (χ2n) is 2.53. The maximum atomic E-state index is 11.0. The molecule has 0 bridgehead atoms. The van der Waals surface area contributed by atoms with Gasteiger partial charge in [0, 0.05) is 18.9 Å². The van der Waals surface area contributed by atoms with Gasteiger partial charge in [-0.15, -0.1) is 0 Å². The number of aromatic nitrogens is 1. The van der Waals surface area contributed by atoms with E-state index in [1.165, 1.54) is 0 Å². The van der Waals surface area contributed by atoms with E-state index in [4.69, 9.17) is 0 Å². The Morgan fingerprint density at radius 1 is 1.67 bits per heavy atom. The van der Waals surface area contributed by atoms with E-state index >= 15 is 0 Å². The second-order valence-corrected chi connectivity index (χ2v) is 2.53. The van der Waals surface area contributed by atoms with Gasteiger partial charge >= 0.3 is 0 Å². The fraction of sp³-hybridized carbons (Fsp3) is 0.375. The number of carbonyl (C=O) groups excluding carboxylic acids is 1. The average Bonchev–Trinajstić information content (AvgIpc) is 2.53. The molecule has 0 unspecified atom stereocenters. The van der Waals surface area contributed by atoms with Crippen molar-refractivity contribution >= 4 is 5.91 Å². The van der Waals surface area contributed by atoms with Crippen molar-refractivity contribution in [1.29, 1.82) is 0 Å². The maximum Gasteiger partial charge on any atom is 0.234 e. The Bertz CT molecular complexity index is 230. The Morgan fingerprint density at radius 2 is 2.50 bits per heavy atom. The van der Waals surface area contributed by atoms with Gasteiger partial charge in [-0.1, -0.05) is 0 Å². The third-order valence-electron chi connectivity index (χ3n) is 1.49. The monoisotopic (exact) mass is 167 g/mol. The molecule has 4 heteroatoms. The van der Waals surface area contributed by atoms with Crippen LogP contribution in [0.1, 0.15) is 5.56 Å². The molecular weight excluding hydrogens is 154 g/mol. The zero-order valence-corrected chi connectivity index (χ0v) is 7.05. The van der Waals surface area contributed by atoms with Gasteiger partial charge in [-0.05, 0) is 18.7 Å². The Labute approximate surface area is 71.4 Å². The van der Waals surface area contributed by atoms with Crippen LogP contribution >= 0.6 is 0 Å². The third-order valence-corrected chi connectivity index (χ3v) is 1.49. The molecule has 0 radical (unpaired) electrons. The second kappa shape index (κ2) is 4.56. The van der Waals surface area contributed by atoms with Gasteiger partial charge in [0.15, 0.2) is 0 Å². The average molecular weight is 167 g/mol. The van der Waals surface area contributed by atoms with Crippen molar-refractivity contribution in [3.05, 3.63) is 24.0 Å². The highest BCUT2D eigenvalue weighted by Gasteiger charge is 1.97. The van der Waals surface area contributed by atoms with Crippen molar-refractivity contribution in [3.8, 4) is 0 Å². The minimum absolute atomic E-state index is 0.0127. The summed E-state index contributed by atoms with van der Waals surface area (Å²) in [6.07, 6.45) is 3.69. The number of aromatic amines is 1. The zero-order valence-electron chi connectivity index (χ0n) is 7.05. The van der Waals surface area contributed by atoms with Crippen LogP contribution < -0.4 is 10.6 Å². The lowest BCUT2D eigenvalue weighted by Crippen LogP contribution is -2.31. The number of nitrogens with one attached hydrogen (secondary N) is 3. The van der Waals surface area contributed by atoms with Crippen LogP contribution in [0.4, 0.5) is 0 Å². The molecule has 0 atom stereocenters. The topological polar surface area (TPSA) is 56.9 Å². The van der Waals surface area contributed by atoms with Gasteiger partial charge in [0.05, 0.1) is 6.54 Å². The molecule has 4 nitrogen and oxygen atoms in total. The van der Waals surface area contributed by atoms with Gasteiger partial charge in [-0.25, -0.2) is 0 Å². The lowest BCUT2D eigenvalue weighted by atomic mass is 10.3. The Hall–Kier alpha value is -1.29. The molecule has 0 saturated heterocycles. The van der Waals surface area contributed by atoms with Crippen molar-refractivity contribution in [2.45, 2.75) is 6.54 Å². The molecule has 0 fully saturated rings. The zero-order chi connectivity index (χ0) is 8.81. The van der Waals surface area contributed by atoms with E-state index in [9.17, 15) is 4.79 Å². The van der Waals surface area contributed by atoms with Gasteiger partial charge in [0.1, 0.15) is 0 Å². The maximum absolute atomic E-state index is 11.0. The summed E-state index contributed by atoms with van der Waals surface area (Å²) in [7, 11) is 1.75. The number of H-pyrrole nitrogens is 1. The number of hydrogen-bond acceptors (Lipinski definition) is 2. The molecule has 66 valence electrons. The van der Waals surface area contributed by atoms with Crippen LogP contribution in [0.25, 0.3) is 0 Å². The number of hydrogen-bond donors (Lipinski definition) is 3. The molecule has 0 aliphatic rings. The van der Waals surface area contributed by atoms with Crippen molar-refractivity contribution in [2.24, 2.45) is 0 Å². The molecule has 1 amide bonds. The highest BCUT2D eigenvalue weighted by molar-refractivity contribution is 5.77. The molecule has 1 heterocycles. The van der Waals surface area contributed by atoms with Crippen molar-refractivity contribution in [1.82, 2.24) is 15.6 Å². The van der Waals surface area contributed by atoms with Crippen molar-refractivity contribution in [3.63, 3.8) is 0 Å². The van der Waals surface area contributed by atoms with Crippen molar-refractivity contribution < 1.29 is 4.79 Å². The largest absolute Gasteiger partial charge is 0.367 e. The van der Waals surface area contributed by atoms with E-state index in [0.717, 1.165) is 5.56 Å². The summed E-state index contributed by atoms with van der Waals surface area (Å²) in [5.41, 5.74) is 1.08. The van der Waals surface area contributed by atoms with Crippen LogP contribution in [0, 0.1) is 0 Å². The normalized spacial score (nSPS) is 9.75. The molecule has 0 aliphatic carbocycles. The summed E-state index contributed by atoms with van der Waals surface area (Å²) < 4.78 is 0. The molecule has 3 N–H and O–H groups in total. The van der Waals surface area contributed by atoms with E-state index in [1.807, 2.05) is 18.5 Å². The van der Waals surface area contributed by atoms with Gasteiger partial charge in [0.25, 0.3) is 0 Å². The molecule has 12 heavy (non-hydrogen) atoms. The van der Waals surface area contributed by atoms with E-state index < -0.39 is 0 Å². The third kappa shape index (κ3) is 2.75. The predicted molar refractivity (Wildman–Crippen MR) is 46.6 cm³/mol. The molecular formula is C8H13N3O. The molecule has 0 saturated carbocycles. The molecule has 0 aliphatic heterocycles. The van der Waals surface area contributed by atoms with E-state index in [2.05, 4.69) is 15.6 Å². The molecule has 0 aromatic carbocycles. The first-order valence-corrected chi connectivity index (χ1v) is 3.86. The SMILES string of the molecule is CNCC(=O)NCc1cc[nH]c1. The standard InChI is InChI=1S/C8H13N3O/c1-9-6-8(12)11-5-7-2-3-10-4-7/h2-4,9-10H,5-6H2,1H3,(H,11,12). The fourth-order valence-corrected chi connectivity index (χ4v) is 0.892. The van der Waals surface area contributed by atoms with Crippen LogP contribution in [0.2, 0.25) is 0 Å². The number of amides is 1. The summed E-state index contributed by atoms with van der Waals surface area (Å²) >= 11 is 0. The predicted octanol–water partition coefficient (Wildman–Crippen LogP) is -0.150. The minimum atomic E-state index is 0.0127. The fourth-order valence-electron chi connectivity index (χ4n) is 0.892. The Kier molecular flexibility index (Phi) is 3.35. The van der Waals surface area contributed by atoms with Gasteiger partial charge in [0.2, 0.25) is 5.91 Å². The van der Waals surface area contributed by atoms with E-state index in [-0.39, 0.29) is 5.91 Å². The number of rotatable bonds is 4. The van der Waals surface area contributed by atoms with Crippen LogP contribution in [-0.2, 0) is 11.3 Å². The highest BCUT2D eigenvalue weighted by atomic mass is 16.1. The van der Waals surface area contributed by atoms with Crippen molar-refractivity contribution in [2.75, 3.05) is 13.6 Å². The first-order chi connectivity index (χ1) is 5.83. The summed E-state index contributed by atoms with van der Waals surface area (Å²) in [6, 6.07) is 1.93. The van der Waals surface area contributed by atoms with Crippen LogP contribution in [-0.4, -0.2) is 24.5 Å². The van der Waals surface area contributed by atoms with E-state index in [0.29, 0.717) is 13.1 Å². The van der Waals surface area contributed by atoms with Crippen LogP contribution in [0.5, 0.6) is 0 Å². The van der Waals surface area contributed by atoms with Crippen LogP contribution in [0.15, 0.2) is 18.5 Å². The molecule has 1 aromatic heterocycles. The minimum Gasteiger partial charge on any atom is -0.367 e. The van der Waals surface area contributed by atoms with Crippen LogP contribution in [0.3, 0.4) is 0 Å². The molecule has 1 rings (SSSR count). The lowest BCUT2D eigenvalue weighted by Gasteiger charge is -2.01. The highest BCUT2D eigenvalue weighted by Crippen LogP contribution is 1.93. The quantitative estimate of drug-likeness (QED) is 0.584. The summed E-state index contributed by atoms with van der Waals surface area (Å²) in [6.45, 7) is 0.953.